The second-order valence-corrected chi connectivity index (χ2v) is 5.54. The first-order chi connectivity index (χ1) is 9.99. The highest BCUT2D eigenvalue weighted by Crippen LogP contribution is 2.18. The first kappa shape index (κ1) is 15.6. The van der Waals surface area contributed by atoms with Crippen molar-refractivity contribution < 1.29 is 8.78 Å². The SMILES string of the molecule is CNC(Cc1cc(F)cc(F)c1)Cc1c(C)cccc1C. The van der Waals surface area contributed by atoms with E-state index in [9.17, 15) is 8.78 Å². The number of nitrogens with one attached hydrogen (secondary N) is 1. The van der Waals surface area contributed by atoms with Crippen LogP contribution >= 0.6 is 0 Å². The van der Waals surface area contributed by atoms with Crippen LogP contribution in [0.15, 0.2) is 36.4 Å². The smallest absolute Gasteiger partial charge is 0.126 e. The van der Waals surface area contributed by atoms with Crippen LogP contribution in [0.25, 0.3) is 0 Å². The standard InChI is InChI=1S/C18H21F2N/c1-12-5-4-6-13(2)18(12)11-17(21-3)9-14-7-15(19)10-16(20)8-14/h4-8,10,17,21H,9,11H2,1-3H3. The third-order valence-electron chi connectivity index (χ3n) is 3.91. The molecule has 0 aliphatic carbocycles. The summed E-state index contributed by atoms with van der Waals surface area (Å²) in [5, 5.41) is 3.25. The van der Waals surface area contributed by atoms with Gasteiger partial charge in [0.1, 0.15) is 11.6 Å². The number of halogens is 2. The van der Waals surface area contributed by atoms with Gasteiger partial charge in [0, 0.05) is 12.1 Å². The number of benzene rings is 2. The van der Waals surface area contributed by atoms with E-state index < -0.39 is 11.6 Å². The molecule has 112 valence electrons. The van der Waals surface area contributed by atoms with Gasteiger partial charge in [-0.05, 0) is 68.1 Å². The summed E-state index contributed by atoms with van der Waals surface area (Å²) in [4.78, 5) is 0. The van der Waals surface area contributed by atoms with E-state index in [0.717, 1.165) is 12.5 Å². The largest absolute Gasteiger partial charge is 0.316 e. The van der Waals surface area contributed by atoms with Crippen molar-refractivity contribution in [1.82, 2.24) is 5.32 Å². The van der Waals surface area contributed by atoms with E-state index in [1.165, 1.54) is 28.8 Å². The van der Waals surface area contributed by atoms with Crippen molar-refractivity contribution in [3.05, 3.63) is 70.3 Å². The summed E-state index contributed by atoms with van der Waals surface area (Å²) in [6.45, 7) is 4.19. The fourth-order valence-electron chi connectivity index (χ4n) is 2.71. The molecule has 0 spiro atoms. The van der Waals surface area contributed by atoms with Crippen molar-refractivity contribution in [2.24, 2.45) is 0 Å². The van der Waals surface area contributed by atoms with Crippen LogP contribution in [-0.2, 0) is 12.8 Å². The molecule has 1 atom stereocenters. The quantitative estimate of drug-likeness (QED) is 0.878. The van der Waals surface area contributed by atoms with Crippen molar-refractivity contribution in [2.75, 3.05) is 7.05 Å². The van der Waals surface area contributed by atoms with Crippen LogP contribution in [-0.4, -0.2) is 13.1 Å². The van der Waals surface area contributed by atoms with E-state index in [2.05, 4.69) is 31.3 Å². The molecule has 2 rings (SSSR count). The molecule has 3 heteroatoms. The number of hydrogen-bond acceptors (Lipinski definition) is 1. The maximum atomic E-state index is 13.3. The van der Waals surface area contributed by atoms with Crippen molar-refractivity contribution >= 4 is 0 Å². The average Bonchev–Trinajstić information content (AvgIpc) is 2.40. The lowest BCUT2D eigenvalue weighted by Gasteiger charge is -2.19. The lowest BCUT2D eigenvalue weighted by Crippen LogP contribution is -2.30. The normalized spacial score (nSPS) is 12.4. The predicted molar refractivity (Wildman–Crippen MR) is 82.5 cm³/mol. The number of likely N-dealkylation sites (N-methyl/N-ethyl adjacent to an activating group) is 1. The second-order valence-electron chi connectivity index (χ2n) is 5.54. The summed E-state index contributed by atoms with van der Waals surface area (Å²) < 4.78 is 26.6. The van der Waals surface area contributed by atoms with Crippen LogP contribution < -0.4 is 5.32 Å². The van der Waals surface area contributed by atoms with Crippen LogP contribution in [0.2, 0.25) is 0 Å². The summed E-state index contributed by atoms with van der Waals surface area (Å²) in [6, 6.07) is 10.1. The molecule has 0 saturated heterocycles. The van der Waals surface area contributed by atoms with Gasteiger partial charge in [-0.15, -0.1) is 0 Å². The fraction of sp³-hybridized carbons (Fsp3) is 0.333. The molecule has 0 aliphatic rings. The summed E-state index contributed by atoms with van der Waals surface area (Å²) in [7, 11) is 1.88. The van der Waals surface area contributed by atoms with E-state index in [4.69, 9.17) is 0 Å². The second kappa shape index (κ2) is 6.81. The highest BCUT2D eigenvalue weighted by Gasteiger charge is 2.13. The van der Waals surface area contributed by atoms with Gasteiger partial charge in [0.05, 0.1) is 0 Å². The monoisotopic (exact) mass is 289 g/mol. The van der Waals surface area contributed by atoms with Crippen LogP contribution in [0, 0.1) is 25.5 Å². The maximum Gasteiger partial charge on any atom is 0.126 e. The van der Waals surface area contributed by atoms with E-state index in [0.29, 0.717) is 12.0 Å². The molecule has 0 amide bonds. The van der Waals surface area contributed by atoms with Crippen molar-refractivity contribution in [1.29, 1.82) is 0 Å². The Morgan fingerprint density at radius 2 is 1.52 bits per heavy atom. The maximum absolute atomic E-state index is 13.3. The van der Waals surface area contributed by atoms with Gasteiger partial charge in [0.15, 0.2) is 0 Å². The minimum absolute atomic E-state index is 0.144. The Morgan fingerprint density at radius 3 is 2.05 bits per heavy atom. The number of rotatable bonds is 5. The van der Waals surface area contributed by atoms with Gasteiger partial charge in [0.2, 0.25) is 0 Å². The average molecular weight is 289 g/mol. The zero-order chi connectivity index (χ0) is 15.4. The van der Waals surface area contributed by atoms with Gasteiger partial charge in [-0.2, -0.15) is 0 Å². The third-order valence-corrected chi connectivity index (χ3v) is 3.91. The van der Waals surface area contributed by atoms with Gasteiger partial charge >= 0.3 is 0 Å². The lowest BCUT2D eigenvalue weighted by molar-refractivity contribution is 0.542. The van der Waals surface area contributed by atoms with Gasteiger partial charge in [-0.25, -0.2) is 8.78 Å². The summed E-state index contributed by atoms with van der Waals surface area (Å²) >= 11 is 0. The van der Waals surface area contributed by atoms with Gasteiger partial charge in [0.25, 0.3) is 0 Å². The fourth-order valence-corrected chi connectivity index (χ4v) is 2.71. The molecule has 0 aromatic heterocycles. The Bertz CT molecular complexity index is 582. The summed E-state index contributed by atoms with van der Waals surface area (Å²) in [5.74, 6) is -1.04. The van der Waals surface area contributed by atoms with E-state index >= 15 is 0 Å². The molecule has 0 aliphatic heterocycles. The van der Waals surface area contributed by atoms with E-state index in [-0.39, 0.29) is 6.04 Å². The molecule has 2 aromatic rings. The van der Waals surface area contributed by atoms with E-state index in [1.807, 2.05) is 13.1 Å². The molecule has 0 saturated carbocycles. The van der Waals surface area contributed by atoms with Crippen LogP contribution in [0.4, 0.5) is 8.78 Å². The highest BCUT2D eigenvalue weighted by molar-refractivity contribution is 5.34. The molecule has 1 N–H and O–H groups in total. The molecule has 0 radical (unpaired) electrons. The zero-order valence-electron chi connectivity index (χ0n) is 12.7. The van der Waals surface area contributed by atoms with Gasteiger partial charge < -0.3 is 5.32 Å². The molecular weight excluding hydrogens is 268 g/mol. The molecule has 1 nitrogen and oxygen atoms in total. The van der Waals surface area contributed by atoms with Crippen molar-refractivity contribution in [2.45, 2.75) is 32.7 Å². The van der Waals surface area contributed by atoms with Crippen LogP contribution in [0.3, 0.4) is 0 Å². The van der Waals surface area contributed by atoms with Crippen molar-refractivity contribution in [3.8, 4) is 0 Å². The van der Waals surface area contributed by atoms with Crippen LogP contribution in [0.5, 0.6) is 0 Å². The number of aryl methyl sites for hydroxylation is 2. The lowest BCUT2D eigenvalue weighted by atomic mass is 9.93. The van der Waals surface area contributed by atoms with E-state index in [1.54, 1.807) is 0 Å². The Labute approximate surface area is 125 Å². The topological polar surface area (TPSA) is 12.0 Å². The predicted octanol–water partition coefficient (Wildman–Crippen LogP) is 3.95. The Balaban J connectivity index is 2.17. The molecule has 0 heterocycles. The molecule has 21 heavy (non-hydrogen) atoms. The number of hydrogen-bond donors (Lipinski definition) is 1. The molecule has 0 fully saturated rings. The van der Waals surface area contributed by atoms with Gasteiger partial charge in [-0.3, -0.25) is 0 Å². The molecular formula is C18H21F2N. The molecule has 2 aromatic carbocycles. The minimum Gasteiger partial charge on any atom is -0.316 e. The Kier molecular flexibility index (Phi) is 5.07. The highest BCUT2D eigenvalue weighted by atomic mass is 19.1. The first-order valence-corrected chi connectivity index (χ1v) is 7.17. The summed E-state index contributed by atoms with van der Waals surface area (Å²) in [6.07, 6.45) is 1.44. The Morgan fingerprint density at radius 1 is 0.952 bits per heavy atom. The zero-order valence-corrected chi connectivity index (χ0v) is 12.7. The molecule has 1 unspecified atom stereocenters. The Hall–Kier alpha value is -1.74. The molecule has 0 bridgehead atoms. The summed E-state index contributed by atoms with van der Waals surface area (Å²) in [5.41, 5.74) is 4.48. The van der Waals surface area contributed by atoms with Crippen LogP contribution in [0.1, 0.15) is 22.3 Å². The third kappa shape index (κ3) is 4.11. The first-order valence-electron chi connectivity index (χ1n) is 7.17. The minimum atomic E-state index is -0.521. The van der Waals surface area contributed by atoms with Crippen molar-refractivity contribution in [3.63, 3.8) is 0 Å². The van der Waals surface area contributed by atoms with Gasteiger partial charge in [-0.1, -0.05) is 18.2 Å².